The molecular formula is C16H15BrN2O2. The number of fused-ring (bicyclic) bond motifs is 1. The molecule has 21 heavy (non-hydrogen) atoms. The topological polar surface area (TPSA) is 55.6 Å². The predicted molar refractivity (Wildman–Crippen MR) is 85.1 cm³/mol. The van der Waals surface area contributed by atoms with E-state index in [4.69, 9.17) is 10.5 Å². The molecule has 1 aliphatic rings. The Bertz CT molecular complexity index is 715. The van der Waals surface area contributed by atoms with Crippen LogP contribution >= 0.6 is 15.9 Å². The molecule has 2 N–H and O–H groups in total. The first-order valence-corrected chi connectivity index (χ1v) is 7.38. The minimum atomic E-state index is 0.00752. The summed E-state index contributed by atoms with van der Waals surface area (Å²) < 4.78 is 5.96. The number of carbonyl (C=O) groups excluding carboxylic acids is 1. The van der Waals surface area contributed by atoms with Gasteiger partial charge in [-0.3, -0.25) is 4.79 Å². The Hall–Kier alpha value is -2.01. The normalized spacial score (nSPS) is 13.1. The second-order valence-corrected chi connectivity index (χ2v) is 5.89. The van der Waals surface area contributed by atoms with Crippen molar-refractivity contribution in [2.24, 2.45) is 0 Å². The monoisotopic (exact) mass is 346 g/mol. The molecule has 0 spiro atoms. The molecule has 1 heterocycles. The minimum Gasteiger partial charge on any atom is -0.496 e. The Morgan fingerprint density at radius 1 is 1.19 bits per heavy atom. The summed E-state index contributed by atoms with van der Waals surface area (Å²) in [6, 6.07) is 11.2. The smallest absolute Gasteiger partial charge is 0.254 e. The van der Waals surface area contributed by atoms with Gasteiger partial charge in [0.25, 0.3) is 5.91 Å². The first-order chi connectivity index (χ1) is 10.1. The van der Waals surface area contributed by atoms with Crippen molar-refractivity contribution in [3.05, 3.63) is 57.6 Å². The summed E-state index contributed by atoms with van der Waals surface area (Å²) in [5.41, 5.74) is 9.44. The Labute approximate surface area is 131 Å². The average molecular weight is 347 g/mol. The lowest BCUT2D eigenvalue weighted by molar-refractivity contribution is 0.0751. The van der Waals surface area contributed by atoms with Gasteiger partial charge < -0.3 is 15.4 Å². The summed E-state index contributed by atoms with van der Waals surface area (Å²) in [4.78, 5) is 14.4. The predicted octanol–water partition coefficient (Wildman–Crippen LogP) is 3.20. The fraction of sp³-hybridized carbons (Fsp3) is 0.188. The molecule has 0 aromatic heterocycles. The number of methoxy groups -OCH3 is 1. The number of ether oxygens (including phenoxy) is 1. The van der Waals surface area contributed by atoms with Gasteiger partial charge in [0.2, 0.25) is 0 Å². The van der Waals surface area contributed by atoms with Gasteiger partial charge in [0.1, 0.15) is 5.75 Å². The van der Waals surface area contributed by atoms with Crippen LogP contribution in [-0.2, 0) is 13.1 Å². The highest BCUT2D eigenvalue weighted by Crippen LogP contribution is 2.29. The third kappa shape index (κ3) is 2.61. The van der Waals surface area contributed by atoms with Crippen LogP contribution in [0.4, 0.5) is 5.69 Å². The van der Waals surface area contributed by atoms with Gasteiger partial charge in [-0.25, -0.2) is 0 Å². The highest BCUT2D eigenvalue weighted by molar-refractivity contribution is 9.10. The molecule has 1 aliphatic heterocycles. The van der Waals surface area contributed by atoms with Gasteiger partial charge in [0.15, 0.2) is 0 Å². The van der Waals surface area contributed by atoms with Crippen LogP contribution in [0.5, 0.6) is 5.75 Å². The molecular weight excluding hydrogens is 332 g/mol. The van der Waals surface area contributed by atoms with Crippen molar-refractivity contribution in [2.45, 2.75) is 13.1 Å². The molecule has 108 valence electrons. The van der Waals surface area contributed by atoms with Crippen LogP contribution in [0.2, 0.25) is 0 Å². The second kappa shape index (κ2) is 5.41. The van der Waals surface area contributed by atoms with Crippen molar-refractivity contribution in [3.8, 4) is 5.75 Å². The summed E-state index contributed by atoms with van der Waals surface area (Å²) in [5, 5.41) is 0. The van der Waals surface area contributed by atoms with Crippen LogP contribution in [-0.4, -0.2) is 17.9 Å². The average Bonchev–Trinajstić information content (AvgIpc) is 2.89. The number of nitrogens with zero attached hydrogens (tertiary/aromatic N) is 1. The van der Waals surface area contributed by atoms with Gasteiger partial charge in [0, 0.05) is 24.3 Å². The lowest BCUT2D eigenvalue weighted by Crippen LogP contribution is -2.25. The summed E-state index contributed by atoms with van der Waals surface area (Å²) >= 11 is 3.41. The largest absolute Gasteiger partial charge is 0.496 e. The van der Waals surface area contributed by atoms with E-state index in [9.17, 15) is 4.79 Å². The number of nitrogens with two attached hydrogens (primary N) is 1. The molecule has 0 bridgehead atoms. The zero-order valence-corrected chi connectivity index (χ0v) is 13.2. The number of hydrogen-bond acceptors (Lipinski definition) is 3. The standard InChI is InChI=1S/C16H15BrN2O2/c1-21-15-5-3-10(7-14(15)17)16(20)19-8-11-2-4-13(18)6-12(11)9-19/h2-7H,8-9,18H2,1H3. The molecule has 0 fully saturated rings. The van der Waals surface area contributed by atoms with Crippen molar-refractivity contribution in [3.63, 3.8) is 0 Å². The third-order valence-electron chi connectivity index (χ3n) is 3.64. The van der Waals surface area contributed by atoms with Crippen LogP contribution in [0.25, 0.3) is 0 Å². The lowest BCUT2D eigenvalue weighted by Gasteiger charge is -2.16. The minimum absolute atomic E-state index is 0.00752. The fourth-order valence-electron chi connectivity index (χ4n) is 2.54. The number of amides is 1. The fourth-order valence-corrected chi connectivity index (χ4v) is 3.08. The summed E-state index contributed by atoms with van der Waals surface area (Å²) in [6.07, 6.45) is 0. The molecule has 5 heteroatoms. The van der Waals surface area contributed by atoms with Gasteiger partial charge >= 0.3 is 0 Å². The maximum absolute atomic E-state index is 12.6. The van der Waals surface area contributed by atoms with Crippen molar-refractivity contribution >= 4 is 27.5 Å². The Morgan fingerprint density at radius 2 is 1.95 bits per heavy atom. The number of carbonyl (C=O) groups is 1. The van der Waals surface area contributed by atoms with E-state index in [0.29, 0.717) is 24.4 Å². The van der Waals surface area contributed by atoms with Crippen LogP contribution in [0.1, 0.15) is 21.5 Å². The van der Waals surface area contributed by atoms with Crippen LogP contribution in [0.3, 0.4) is 0 Å². The van der Waals surface area contributed by atoms with E-state index >= 15 is 0 Å². The van der Waals surface area contributed by atoms with E-state index in [1.54, 1.807) is 25.3 Å². The highest BCUT2D eigenvalue weighted by atomic mass is 79.9. The molecule has 2 aromatic rings. The van der Waals surface area contributed by atoms with E-state index in [1.807, 2.05) is 23.1 Å². The van der Waals surface area contributed by atoms with Gasteiger partial charge in [-0.1, -0.05) is 6.07 Å². The van der Waals surface area contributed by atoms with Crippen molar-refractivity contribution < 1.29 is 9.53 Å². The van der Waals surface area contributed by atoms with E-state index in [1.165, 1.54) is 0 Å². The first-order valence-electron chi connectivity index (χ1n) is 6.58. The van der Waals surface area contributed by atoms with E-state index in [-0.39, 0.29) is 5.91 Å². The SMILES string of the molecule is COc1ccc(C(=O)N2Cc3ccc(N)cc3C2)cc1Br. The molecule has 0 aliphatic carbocycles. The van der Waals surface area contributed by atoms with Crippen LogP contribution in [0.15, 0.2) is 40.9 Å². The zero-order valence-electron chi connectivity index (χ0n) is 11.6. The summed E-state index contributed by atoms with van der Waals surface area (Å²) in [5.74, 6) is 0.720. The maximum atomic E-state index is 12.6. The van der Waals surface area contributed by atoms with Crippen molar-refractivity contribution in [1.82, 2.24) is 4.90 Å². The number of hydrogen-bond donors (Lipinski definition) is 1. The van der Waals surface area contributed by atoms with Crippen molar-refractivity contribution in [1.29, 1.82) is 0 Å². The van der Waals surface area contributed by atoms with Crippen LogP contribution in [0, 0.1) is 0 Å². The first kappa shape index (κ1) is 13.9. The summed E-state index contributed by atoms with van der Waals surface area (Å²) in [7, 11) is 1.60. The number of anilines is 1. The third-order valence-corrected chi connectivity index (χ3v) is 4.26. The van der Waals surface area contributed by atoms with Crippen LogP contribution < -0.4 is 10.5 Å². The molecule has 4 nitrogen and oxygen atoms in total. The molecule has 3 rings (SSSR count). The molecule has 0 saturated heterocycles. The molecule has 1 amide bonds. The van der Waals surface area contributed by atoms with Gasteiger partial charge in [-0.05, 0) is 57.4 Å². The van der Waals surface area contributed by atoms with Gasteiger partial charge in [-0.2, -0.15) is 0 Å². The van der Waals surface area contributed by atoms with E-state index in [0.717, 1.165) is 21.3 Å². The molecule has 2 aromatic carbocycles. The van der Waals surface area contributed by atoms with Gasteiger partial charge in [-0.15, -0.1) is 0 Å². The number of halogens is 1. The molecule has 0 saturated carbocycles. The van der Waals surface area contributed by atoms with Crippen molar-refractivity contribution in [2.75, 3.05) is 12.8 Å². The second-order valence-electron chi connectivity index (χ2n) is 5.04. The number of rotatable bonds is 2. The molecule has 0 unspecified atom stereocenters. The molecule has 0 radical (unpaired) electrons. The molecule has 0 atom stereocenters. The zero-order chi connectivity index (χ0) is 15.0. The lowest BCUT2D eigenvalue weighted by atomic mass is 10.1. The Morgan fingerprint density at radius 3 is 2.67 bits per heavy atom. The number of benzene rings is 2. The highest BCUT2D eigenvalue weighted by Gasteiger charge is 2.24. The maximum Gasteiger partial charge on any atom is 0.254 e. The quantitative estimate of drug-likeness (QED) is 0.849. The number of nitrogen functional groups attached to an aromatic ring is 1. The summed E-state index contributed by atoms with van der Waals surface area (Å²) in [6.45, 7) is 1.22. The van der Waals surface area contributed by atoms with E-state index in [2.05, 4.69) is 15.9 Å². The van der Waals surface area contributed by atoms with E-state index < -0.39 is 0 Å². The Balaban J connectivity index is 1.83. The van der Waals surface area contributed by atoms with Gasteiger partial charge in [0.05, 0.1) is 11.6 Å². The Kier molecular flexibility index (Phi) is 3.59.